The molecule has 0 radical (unpaired) electrons. The fourth-order valence-electron chi connectivity index (χ4n) is 12.1. The van der Waals surface area contributed by atoms with E-state index in [1.165, 1.54) is 11.8 Å². The number of hydrazine groups is 1. The van der Waals surface area contributed by atoms with E-state index < -0.39 is 29.3 Å². The summed E-state index contributed by atoms with van der Waals surface area (Å²) in [6.07, 6.45) is 13.6. The highest BCUT2D eigenvalue weighted by molar-refractivity contribution is 6.04. The van der Waals surface area contributed by atoms with Crippen molar-refractivity contribution in [3.8, 4) is 0 Å². The van der Waals surface area contributed by atoms with Gasteiger partial charge in [0.15, 0.2) is 5.82 Å². The Morgan fingerprint density at radius 1 is 0.877 bits per heavy atom. The van der Waals surface area contributed by atoms with Crippen LogP contribution >= 0.6 is 0 Å². The smallest absolute Gasteiger partial charge is 0.254 e. The Morgan fingerprint density at radius 3 is 2.45 bits per heavy atom. The number of nitrogens with zero attached hydrogens (tertiary/aromatic N) is 5. The number of rotatable bonds is 7. The molecule has 10 rings (SSSR count). The number of aliphatic hydroxyl groups is 1. The quantitative estimate of drug-likeness (QED) is 0.160. The van der Waals surface area contributed by atoms with Crippen LogP contribution in [0, 0.1) is 17.2 Å². The lowest BCUT2D eigenvalue weighted by Gasteiger charge is -2.47. The van der Waals surface area contributed by atoms with Gasteiger partial charge in [0.2, 0.25) is 17.7 Å². The van der Waals surface area contributed by atoms with E-state index in [1.807, 2.05) is 11.9 Å². The topological polar surface area (TPSA) is 177 Å². The van der Waals surface area contributed by atoms with Gasteiger partial charge in [0.05, 0.1) is 41.6 Å². The first kappa shape index (κ1) is 44.2. The molecule has 0 aromatic heterocycles. The summed E-state index contributed by atoms with van der Waals surface area (Å²) in [5.41, 5.74) is 1.94. The third-order valence-corrected chi connectivity index (χ3v) is 16.0. The summed E-state index contributed by atoms with van der Waals surface area (Å²) in [4.78, 5) is 57.8. The lowest BCUT2D eigenvalue weighted by molar-refractivity contribution is -0.146. The van der Waals surface area contributed by atoms with Crippen LogP contribution in [0.2, 0.25) is 0 Å². The molecule has 350 valence electrons. The highest BCUT2D eigenvalue weighted by Crippen LogP contribution is 2.44. The van der Waals surface area contributed by atoms with Gasteiger partial charge in [-0.1, -0.05) is 18.2 Å². The number of nitrogens with one attached hydrogen (secondary N) is 6. The van der Waals surface area contributed by atoms with Crippen molar-refractivity contribution in [1.29, 1.82) is 0 Å². The summed E-state index contributed by atoms with van der Waals surface area (Å²) in [5.74, 6) is -2.24. The molecule has 2 bridgehead atoms. The lowest BCUT2D eigenvalue weighted by atomic mass is 9.77. The molecule has 1 spiro atoms. The SMILES string of the molecule is C[C@@]1(O)CC/C=C\CN2C(=O)C3CNC(Nc4ccc(N5CCC(N6CCC7(CCN(c8cccc(C(=O)NC9CCC(=O)NC9=O)c8F)CC7)C6)CC5)cc4)NC3N2C2CCCC1N2. The number of hydrogen-bond acceptors (Lipinski definition) is 13. The zero-order chi connectivity index (χ0) is 44.9. The Hall–Kier alpha value is -4.65. The maximum absolute atomic E-state index is 15.9. The first-order chi connectivity index (χ1) is 31.4. The number of imide groups is 1. The Morgan fingerprint density at radius 2 is 1.66 bits per heavy atom. The summed E-state index contributed by atoms with van der Waals surface area (Å²) in [6, 6.07) is 13.2. The summed E-state index contributed by atoms with van der Waals surface area (Å²) in [7, 11) is 0. The van der Waals surface area contributed by atoms with Gasteiger partial charge in [0, 0.05) is 69.1 Å². The van der Waals surface area contributed by atoms with Crippen LogP contribution in [-0.2, 0) is 14.4 Å². The van der Waals surface area contributed by atoms with Gasteiger partial charge >= 0.3 is 0 Å². The van der Waals surface area contributed by atoms with E-state index in [4.69, 9.17) is 0 Å². The van der Waals surface area contributed by atoms with Gasteiger partial charge < -0.3 is 25.5 Å². The molecule has 8 heterocycles. The summed E-state index contributed by atoms with van der Waals surface area (Å²) >= 11 is 0. The zero-order valence-electron chi connectivity index (χ0n) is 37.6. The van der Waals surface area contributed by atoms with Crippen LogP contribution in [0.25, 0.3) is 0 Å². The van der Waals surface area contributed by atoms with Crippen LogP contribution in [0.15, 0.2) is 54.6 Å². The van der Waals surface area contributed by atoms with E-state index >= 15 is 4.39 Å². The van der Waals surface area contributed by atoms with Crippen molar-refractivity contribution in [2.75, 3.05) is 67.5 Å². The number of hydrogen-bond donors (Lipinski definition) is 7. The van der Waals surface area contributed by atoms with Gasteiger partial charge in [-0.25, -0.2) is 4.39 Å². The third kappa shape index (κ3) is 8.99. The van der Waals surface area contributed by atoms with Crippen molar-refractivity contribution in [3.63, 3.8) is 0 Å². The molecular formula is C48H66FN11O5. The molecule has 6 unspecified atom stereocenters. The van der Waals surface area contributed by atoms with Crippen molar-refractivity contribution >= 4 is 40.7 Å². The second-order valence-electron chi connectivity index (χ2n) is 20.1. The number of piperidine rings is 4. The minimum absolute atomic E-state index is 0.0291. The first-order valence-electron chi connectivity index (χ1n) is 24.2. The molecule has 7 saturated heterocycles. The Bertz CT molecular complexity index is 2140. The van der Waals surface area contributed by atoms with E-state index in [2.05, 4.69) is 88.0 Å². The number of halogens is 1. The van der Waals surface area contributed by atoms with Crippen molar-refractivity contribution in [2.45, 2.75) is 126 Å². The molecular weight excluding hydrogens is 830 g/mol. The minimum Gasteiger partial charge on any atom is -0.389 e. The average molecular weight is 896 g/mol. The number of likely N-dealkylation sites (tertiary alicyclic amines) is 1. The molecule has 7 fully saturated rings. The summed E-state index contributed by atoms with van der Waals surface area (Å²) in [6.45, 7) is 8.61. The molecule has 8 aliphatic heterocycles. The minimum atomic E-state index is -0.861. The van der Waals surface area contributed by atoms with Crippen molar-refractivity contribution in [2.24, 2.45) is 11.3 Å². The zero-order valence-corrected chi connectivity index (χ0v) is 37.6. The molecule has 65 heavy (non-hydrogen) atoms. The number of carbonyl (C=O) groups excluding carboxylic acids is 4. The highest BCUT2D eigenvalue weighted by atomic mass is 19.1. The van der Waals surface area contributed by atoms with Crippen molar-refractivity contribution in [1.82, 2.24) is 41.5 Å². The van der Waals surface area contributed by atoms with E-state index in [0.29, 0.717) is 31.2 Å². The number of anilines is 3. The predicted molar refractivity (Wildman–Crippen MR) is 245 cm³/mol. The van der Waals surface area contributed by atoms with Gasteiger partial charge in [-0.2, -0.15) is 5.01 Å². The standard InChI is InChI=1S/C48H66FN11O5/c1-47(65)19-3-2-4-23-59-45(64)35-29-50-46(55-42(35)60(59)39-10-6-9-38(47)53-39)51-31-11-13-32(14-12-31)56-24-17-33(18-25-56)58-28-22-48(30-58)20-26-57(27-21-48)37-8-5-7-34(41(37)49)43(62)52-36-15-16-40(61)54-44(36)63/h2,4-5,7-8,11-14,33,35-36,38-39,42,46,50-51,53,55,65H,3,6,9-10,15-30H2,1H3,(H,52,62)(H,54,61,63)/b4-2-/t35?,36?,38?,39?,42?,46?,47-/m1/s1. The molecule has 2 aromatic carbocycles. The van der Waals surface area contributed by atoms with Crippen LogP contribution in [0.5, 0.6) is 0 Å². The van der Waals surface area contributed by atoms with E-state index in [1.54, 1.807) is 12.1 Å². The van der Waals surface area contributed by atoms with E-state index in [0.717, 1.165) is 103 Å². The number of benzene rings is 2. The molecule has 16 nitrogen and oxygen atoms in total. The monoisotopic (exact) mass is 896 g/mol. The number of amides is 4. The summed E-state index contributed by atoms with van der Waals surface area (Å²) in [5, 5.41) is 35.0. The first-order valence-corrected chi connectivity index (χ1v) is 24.2. The van der Waals surface area contributed by atoms with Crippen molar-refractivity contribution in [3.05, 3.63) is 66.0 Å². The van der Waals surface area contributed by atoms with Crippen LogP contribution in [0.3, 0.4) is 0 Å². The molecule has 4 amide bonds. The number of fused-ring (bicyclic) bond motifs is 6. The molecule has 8 aliphatic rings. The molecule has 7 N–H and O–H groups in total. The van der Waals surface area contributed by atoms with Gasteiger partial charge in [-0.05, 0) is 126 Å². The molecule has 0 aliphatic carbocycles. The second-order valence-corrected chi connectivity index (χ2v) is 20.1. The normalized spacial score (nSPS) is 33.0. The highest BCUT2D eigenvalue weighted by Gasteiger charge is 2.53. The fraction of sp³-hybridized carbons (Fsp3) is 0.625. The average Bonchev–Trinajstić information content (AvgIpc) is 3.84. The number of allylic oxidation sites excluding steroid dienone is 1. The van der Waals surface area contributed by atoms with Crippen LogP contribution < -0.4 is 41.7 Å². The van der Waals surface area contributed by atoms with Gasteiger partial charge in [-0.15, -0.1) is 0 Å². The third-order valence-electron chi connectivity index (χ3n) is 16.0. The second kappa shape index (κ2) is 18.2. The largest absolute Gasteiger partial charge is 0.389 e. The van der Waals surface area contributed by atoms with Gasteiger partial charge in [-0.3, -0.25) is 50.4 Å². The molecule has 2 aromatic rings. The van der Waals surface area contributed by atoms with Gasteiger partial charge in [0.25, 0.3) is 5.91 Å². The van der Waals surface area contributed by atoms with Crippen LogP contribution in [-0.4, -0.2) is 138 Å². The summed E-state index contributed by atoms with van der Waals surface area (Å²) < 4.78 is 15.9. The van der Waals surface area contributed by atoms with Crippen molar-refractivity contribution < 1.29 is 28.7 Å². The molecule has 0 saturated carbocycles. The maximum Gasteiger partial charge on any atom is 0.254 e. The maximum atomic E-state index is 15.9. The van der Waals surface area contributed by atoms with E-state index in [9.17, 15) is 24.3 Å². The van der Waals surface area contributed by atoms with E-state index in [-0.39, 0.29) is 66.2 Å². The number of carbonyl (C=O) groups is 4. The predicted octanol–water partition coefficient (Wildman–Crippen LogP) is 2.78. The molecule has 17 heteroatoms. The Labute approximate surface area is 381 Å². The van der Waals surface area contributed by atoms with Gasteiger partial charge in [0.1, 0.15) is 12.3 Å². The van der Waals surface area contributed by atoms with Crippen LogP contribution in [0.1, 0.15) is 94.3 Å². The Balaban J connectivity index is 0.696. The fourth-order valence-corrected chi connectivity index (χ4v) is 12.1. The molecule has 7 atom stereocenters. The lowest BCUT2D eigenvalue weighted by Crippen LogP contribution is -2.69. The van der Waals surface area contributed by atoms with Crippen LogP contribution in [0.4, 0.5) is 21.5 Å². The Kier molecular flexibility index (Phi) is 12.4.